The Kier molecular flexibility index (Phi) is 12.2. The van der Waals surface area contributed by atoms with Gasteiger partial charge in [0.2, 0.25) is 0 Å². The quantitative estimate of drug-likeness (QED) is 0.166. The van der Waals surface area contributed by atoms with Gasteiger partial charge in [0.05, 0.1) is 38.1 Å². The first-order chi connectivity index (χ1) is 28.5. The van der Waals surface area contributed by atoms with E-state index in [4.69, 9.17) is 37.9 Å². The van der Waals surface area contributed by atoms with Crippen molar-refractivity contribution in [2.75, 3.05) is 19.8 Å². The standard InChI is InChI=1S/C44H70O16/c1-19-8-13-44(54-17-19)20(2)30-28(60-44)15-26-24-7-6-22-14-23(9-11-42(22,4)25(24)10-12-43(26,30)5)56-41-38(59-40-35(51)33(49)31(47)21(3)55-40)36(52)37(29(16-45)57-41)58-39-34(50)32(48)27(46)18-53-39/h6,19-21,23-41,45-52H,7-18H2,1-5H3/t19-,20+,21+,23+,24-,25+,26+,27+,28+,29-,30+,31+,32+,33-,34-,35-,36+,37-,38-,39+,40+,41-,42+,43+,44-/m1/s1. The fraction of sp³-hybridized carbons (Fsp3) is 0.955. The van der Waals surface area contributed by atoms with Crippen LogP contribution in [0.5, 0.6) is 0 Å². The lowest BCUT2D eigenvalue weighted by molar-refractivity contribution is -0.385. The number of hydrogen-bond acceptors (Lipinski definition) is 16. The number of aliphatic hydroxyl groups excluding tert-OH is 8. The maximum Gasteiger partial charge on any atom is 0.187 e. The Morgan fingerprint density at radius 2 is 1.48 bits per heavy atom. The van der Waals surface area contributed by atoms with Gasteiger partial charge in [0, 0.05) is 12.3 Å². The van der Waals surface area contributed by atoms with E-state index in [2.05, 4.69) is 33.8 Å². The minimum Gasteiger partial charge on any atom is -0.394 e. The number of hydrogen-bond donors (Lipinski definition) is 8. The zero-order chi connectivity index (χ0) is 42.6. The number of fused-ring (bicyclic) bond motifs is 7. The molecule has 0 radical (unpaired) electrons. The molecular weight excluding hydrogens is 784 g/mol. The summed E-state index contributed by atoms with van der Waals surface area (Å²) in [7, 11) is 0. The second kappa shape index (κ2) is 16.5. The summed E-state index contributed by atoms with van der Waals surface area (Å²) in [5.74, 6) is 2.65. The zero-order valence-electron chi connectivity index (χ0n) is 35.6. The summed E-state index contributed by atoms with van der Waals surface area (Å²) in [6.07, 6.45) is -9.25. The van der Waals surface area contributed by atoms with Crippen LogP contribution in [-0.2, 0) is 37.9 Å². The van der Waals surface area contributed by atoms with Crippen LogP contribution in [0.3, 0.4) is 0 Å². The van der Waals surface area contributed by atoms with E-state index in [0.717, 1.165) is 45.1 Å². The average Bonchev–Trinajstić information content (AvgIpc) is 3.68. The second-order valence-electron chi connectivity index (χ2n) is 20.6. The molecule has 5 heterocycles. The summed E-state index contributed by atoms with van der Waals surface area (Å²) in [6, 6.07) is 0. The molecule has 4 aliphatic carbocycles. The predicted molar refractivity (Wildman–Crippen MR) is 208 cm³/mol. The van der Waals surface area contributed by atoms with E-state index in [-0.39, 0.29) is 29.6 Å². The molecule has 0 aromatic rings. The molecule has 0 amide bonds. The highest BCUT2D eigenvalue weighted by Gasteiger charge is 2.69. The topological polar surface area (TPSA) is 236 Å². The molecule has 60 heavy (non-hydrogen) atoms. The van der Waals surface area contributed by atoms with E-state index in [1.54, 1.807) is 0 Å². The van der Waals surface area contributed by atoms with Gasteiger partial charge in [0.25, 0.3) is 0 Å². The summed E-state index contributed by atoms with van der Waals surface area (Å²) in [4.78, 5) is 0. The molecule has 16 heteroatoms. The molecular formula is C44H70O16. The average molecular weight is 855 g/mol. The van der Waals surface area contributed by atoms with Gasteiger partial charge in [-0.2, -0.15) is 0 Å². The summed E-state index contributed by atoms with van der Waals surface area (Å²) < 4.78 is 49.8. The van der Waals surface area contributed by atoms with Gasteiger partial charge in [-0.1, -0.05) is 39.3 Å². The van der Waals surface area contributed by atoms with Gasteiger partial charge in [-0.05, 0) is 98.7 Å². The van der Waals surface area contributed by atoms with Crippen molar-refractivity contribution in [3.05, 3.63) is 11.6 Å². The van der Waals surface area contributed by atoms with Crippen LogP contribution in [0, 0.1) is 46.3 Å². The minimum absolute atomic E-state index is 0.0142. The third kappa shape index (κ3) is 7.19. The fourth-order valence-corrected chi connectivity index (χ4v) is 13.7. The monoisotopic (exact) mass is 854 g/mol. The third-order valence-corrected chi connectivity index (χ3v) is 17.3. The first-order valence-electron chi connectivity index (χ1n) is 22.8. The molecule has 16 nitrogen and oxygen atoms in total. The molecule has 342 valence electrons. The highest BCUT2D eigenvalue weighted by molar-refractivity contribution is 5.26. The Morgan fingerprint density at radius 3 is 2.22 bits per heavy atom. The van der Waals surface area contributed by atoms with Gasteiger partial charge in [-0.3, -0.25) is 0 Å². The third-order valence-electron chi connectivity index (χ3n) is 17.3. The molecule has 9 aliphatic rings. The smallest absolute Gasteiger partial charge is 0.187 e. The summed E-state index contributed by atoms with van der Waals surface area (Å²) >= 11 is 0. The van der Waals surface area contributed by atoms with Gasteiger partial charge in [-0.15, -0.1) is 0 Å². The summed E-state index contributed by atoms with van der Waals surface area (Å²) in [6.45, 7) is 10.9. The number of ether oxygens (including phenoxy) is 8. The van der Waals surface area contributed by atoms with E-state index >= 15 is 0 Å². The Labute approximate surface area is 352 Å². The van der Waals surface area contributed by atoms with Crippen LogP contribution in [0.15, 0.2) is 11.6 Å². The van der Waals surface area contributed by atoms with E-state index in [9.17, 15) is 40.9 Å². The van der Waals surface area contributed by atoms with E-state index in [1.807, 2.05) is 0 Å². The van der Waals surface area contributed by atoms with Gasteiger partial charge in [0.1, 0.15) is 61.0 Å². The Balaban J connectivity index is 0.913. The van der Waals surface area contributed by atoms with Crippen molar-refractivity contribution < 1.29 is 78.7 Å². The molecule has 25 atom stereocenters. The van der Waals surface area contributed by atoms with E-state index < -0.39 is 98.4 Å². The van der Waals surface area contributed by atoms with Crippen molar-refractivity contribution in [1.29, 1.82) is 0 Å². The molecule has 8 N–H and O–H groups in total. The van der Waals surface area contributed by atoms with Crippen LogP contribution in [0.25, 0.3) is 0 Å². The molecule has 3 saturated carbocycles. The molecule has 0 bridgehead atoms. The lowest BCUT2D eigenvalue weighted by atomic mass is 9.47. The number of rotatable bonds is 7. The van der Waals surface area contributed by atoms with Gasteiger partial charge in [-0.25, -0.2) is 0 Å². The molecule has 5 saturated heterocycles. The lowest BCUT2D eigenvalue weighted by Gasteiger charge is -2.58. The van der Waals surface area contributed by atoms with Crippen LogP contribution >= 0.6 is 0 Å². The van der Waals surface area contributed by atoms with E-state index in [1.165, 1.54) is 18.9 Å². The minimum atomic E-state index is -1.70. The molecule has 0 aromatic heterocycles. The largest absolute Gasteiger partial charge is 0.394 e. The van der Waals surface area contributed by atoms with Crippen LogP contribution in [0.4, 0.5) is 0 Å². The van der Waals surface area contributed by atoms with Crippen molar-refractivity contribution in [2.45, 2.75) is 196 Å². The summed E-state index contributed by atoms with van der Waals surface area (Å²) in [5.41, 5.74) is 1.54. The van der Waals surface area contributed by atoms with Crippen molar-refractivity contribution in [3.63, 3.8) is 0 Å². The number of aliphatic hydroxyl groups is 8. The maximum atomic E-state index is 11.9. The van der Waals surface area contributed by atoms with E-state index in [0.29, 0.717) is 48.3 Å². The molecule has 0 aromatic carbocycles. The van der Waals surface area contributed by atoms with Crippen LogP contribution in [-0.4, -0.2) is 165 Å². The summed E-state index contributed by atoms with van der Waals surface area (Å²) in [5, 5.41) is 85.1. The van der Waals surface area contributed by atoms with Crippen molar-refractivity contribution in [1.82, 2.24) is 0 Å². The highest BCUT2D eigenvalue weighted by atomic mass is 16.8. The molecule has 5 aliphatic heterocycles. The zero-order valence-corrected chi connectivity index (χ0v) is 35.6. The second-order valence-corrected chi connectivity index (χ2v) is 20.6. The predicted octanol–water partition coefficient (Wildman–Crippen LogP) is 0.853. The SMILES string of the molecule is C[C@@H]1CC[C@@]2(OC1)O[C@H]1C[C@H]3[C@@H]4CC=C5C[C@@H](O[C@@H]6O[C@H](CO)[C@@H](O[C@@H]7OC[C@H](O)[C@H](O)[C@H]7O)[C@H](O)[C@H]6O[C@@H]6O[C@@H](C)[C@H](O)[C@@H](O)[C@H]6O)CC[C@]5(C)[C@H]4CC[C@]3(C)[C@H]1[C@@H]2C. The Bertz CT molecular complexity index is 1560. The van der Waals surface area contributed by atoms with Crippen molar-refractivity contribution in [2.24, 2.45) is 46.3 Å². The van der Waals surface area contributed by atoms with Crippen LogP contribution < -0.4 is 0 Å². The molecule has 9 rings (SSSR count). The van der Waals surface area contributed by atoms with Crippen LogP contribution in [0.2, 0.25) is 0 Å². The van der Waals surface area contributed by atoms with Crippen molar-refractivity contribution >= 4 is 0 Å². The number of allylic oxidation sites excluding steroid dienone is 1. The molecule has 0 unspecified atom stereocenters. The van der Waals surface area contributed by atoms with Crippen molar-refractivity contribution in [3.8, 4) is 0 Å². The fourth-order valence-electron chi connectivity index (χ4n) is 13.7. The van der Waals surface area contributed by atoms with Gasteiger partial charge in [0.15, 0.2) is 24.7 Å². The first-order valence-corrected chi connectivity index (χ1v) is 22.8. The van der Waals surface area contributed by atoms with Gasteiger partial charge >= 0.3 is 0 Å². The molecule has 8 fully saturated rings. The van der Waals surface area contributed by atoms with Crippen LogP contribution in [0.1, 0.15) is 92.4 Å². The highest BCUT2D eigenvalue weighted by Crippen LogP contribution is 2.70. The maximum absolute atomic E-state index is 11.9. The lowest BCUT2D eigenvalue weighted by Crippen LogP contribution is -2.66. The first kappa shape index (κ1) is 44.3. The Hall–Kier alpha value is -0.900. The van der Waals surface area contributed by atoms with Gasteiger partial charge < -0.3 is 78.7 Å². The Morgan fingerprint density at radius 1 is 0.733 bits per heavy atom. The normalized spacial score (nSPS) is 57.9. The molecule has 1 spiro atoms.